The summed E-state index contributed by atoms with van der Waals surface area (Å²) in [5.41, 5.74) is 1.26. The summed E-state index contributed by atoms with van der Waals surface area (Å²) >= 11 is 0. The molecule has 0 N–H and O–H groups in total. The van der Waals surface area contributed by atoms with Gasteiger partial charge in [0.15, 0.2) is 8.32 Å². The van der Waals surface area contributed by atoms with Crippen molar-refractivity contribution in [1.29, 1.82) is 0 Å². The first-order valence-electron chi connectivity index (χ1n) is 8.09. The topological polar surface area (TPSA) is 18.5 Å². The van der Waals surface area contributed by atoms with Crippen LogP contribution in [0.5, 0.6) is 0 Å². The van der Waals surface area contributed by atoms with Gasteiger partial charge >= 0.3 is 0 Å². The Labute approximate surface area is 133 Å². The molecular formula is C17H34O2Si2. The van der Waals surface area contributed by atoms with Gasteiger partial charge in [-0.25, -0.2) is 0 Å². The maximum absolute atomic E-state index is 6.53. The normalized spacial score (nSPS) is 21.0. The molecule has 1 aliphatic carbocycles. The van der Waals surface area contributed by atoms with Gasteiger partial charge in [0.2, 0.25) is 8.32 Å². The lowest BCUT2D eigenvalue weighted by atomic mass is 9.97. The van der Waals surface area contributed by atoms with Crippen LogP contribution in [0.25, 0.3) is 0 Å². The quantitative estimate of drug-likeness (QED) is 0.466. The zero-order chi connectivity index (χ0) is 16.5. The summed E-state index contributed by atoms with van der Waals surface area (Å²) in [6, 6.07) is 0. The molecule has 0 spiro atoms. The Morgan fingerprint density at radius 3 is 2.24 bits per heavy atom. The maximum atomic E-state index is 6.53. The molecule has 1 atom stereocenters. The molecular weight excluding hydrogens is 292 g/mol. The molecule has 1 rings (SSSR count). The van der Waals surface area contributed by atoms with E-state index in [4.69, 9.17) is 8.85 Å². The minimum Gasteiger partial charge on any atom is -0.545 e. The molecule has 0 heterocycles. The molecule has 4 heteroatoms. The van der Waals surface area contributed by atoms with Crippen molar-refractivity contribution in [1.82, 2.24) is 0 Å². The Morgan fingerprint density at radius 2 is 1.76 bits per heavy atom. The highest BCUT2D eigenvalue weighted by Crippen LogP contribution is 2.39. The van der Waals surface area contributed by atoms with Gasteiger partial charge in [-0.2, -0.15) is 0 Å². The molecule has 0 bridgehead atoms. The summed E-state index contributed by atoms with van der Waals surface area (Å²) in [5.74, 6) is 0.873. The Balaban J connectivity index is 2.79. The lowest BCUT2D eigenvalue weighted by Gasteiger charge is -2.39. The number of hydrogen-bond donors (Lipinski definition) is 0. The molecule has 0 unspecified atom stereocenters. The van der Waals surface area contributed by atoms with E-state index < -0.39 is 16.6 Å². The van der Waals surface area contributed by atoms with Gasteiger partial charge in [0.1, 0.15) is 0 Å². The first-order valence-corrected chi connectivity index (χ1v) is 14.4. The van der Waals surface area contributed by atoms with Crippen LogP contribution in [-0.2, 0) is 8.85 Å². The molecule has 0 radical (unpaired) electrons. The smallest absolute Gasteiger partial charge is 0.242 e. The summed E-state index contributed by atoms with van der Waals surface area (Å²) < 4.78 is 12.6. The second-order valence-corrected chi connectivity index (χ2v) is 17.8. The van der Waals surface area contributed by atoms with Crippen molar-refractivity contribution in [2.24, 2.45) is 0 Å². The Bertz CT molecular complexity index is 411. The predicted octanol–water partition coefficient (Wildman–Crippen LogP) is 5.85. The van der Waals surface area contributed by atoms with Crippen LogP contribution in [0.2, 0.25) is 37.8 Å². The Hall–Kier alpha value is -0.326. The van der Waals surface area contributed by atoms with Crippen LogP contribution in [0.1, 0.15) is 40.0 Å². The molecule has 0 aliphatic heterocycles. The van der Waals surface area contributed by atoms with Crippen molar-refractivity contribution < 1.29 is 8.85 Å². The number of hydrogen-bond acceptors (Lipinski definition) is 2. The van der Waals surface area contributed by atoms with E-state index in [0.717, 1.165) is 18.6 Å². The molecule has 0 aromatic carbocycles. The summed E-state index contributed by atoms with van der Waals surface area (Å²) in [7, 11) is -3.29. The van der Waals surface area contributed by atoms with E-state index in [9.17, 15) is 0 Å². The van der Waals surface area contributed by atoms with Gasteiger partial charge in [-0.15, -0.1) is 0 Å². The highest BCUT2D eigenvalue weighted by atomic mass is 28.4. The van der Waals surface area contributed by atoms with E-state index in [-0.39, 0.29) is 11.1 Å². The van der Waals surface area contributed by atoms with Gasteiger partial charge in [0.05, 0.1) is 11.9 Å². The Kier molecular flexibility index (Phi) is 5.73. The van der Waals surface area contributed by atoms with Crippen molar-refractivity contribution in [3.63, 3.8) is 0 Å². The van der Waals surface area contributed by atoms with Gasteiger partial charge in [-0.3, -0.25) is 0 Å². The van der Waals surface area contributed by atoms with E-state index in [0.29, 0.717) is 0 Å². The third kappa shape index (κ3) is 5.76. The number of allylic oxidation sites excluding steroid dienone is 1. The van der Waals surface area contributed by atoms with Crippen LogP contribution < -0.4 is 0 Å². The van der Waals surface area contributed by atoms with Crippen molar-refractivity contribution in [2.75, 3.05) is 0 Å². The summed E-state index contributed by atoms with van der Waals surface area (Å²) in [5, 5.41) is 0.254. The molecule has 0 saturated heterocycles. The van der Waals surface area contributed by atoms with Crippen LogP contribution in [-0.4, -0.2) is 22.7 Å². The zero-order valence-electron chi connectivity index (χ0n) is 15.3. The molecule has 21 heavy (non-hydrogen) atoms. The molecule has 0 aromatic heterocycles. The van der Waals surface area contributed by atoms with Crippen molar-refractivity contribution in [3.05, 3.63) is 24.0 Å². The third-order valence-electron chi connectivity index (χ3n) is 4.36. The average Bonchev–Trinajstić information content (AvgIpc) is 2.24. The highest BCUT2D eigenvalue weighted by molar-refractivity contribution is 6.74. The SMILES string of the molecule is C=C(O[Si](C)(C)C)C1=C[C@H](O[Si](C)(C)C(C)(C)C)CCC1. The van der Waals surface area contributed by atoms with Crippen molar-refractivity contribution >= 4 is 16.6 Å². The minimum absolute atomic E-state index is 0.233. The lowest BCUT2D eigenvalue weighted by molar-refractivity contribution is 0.204. The van der Waals surface area contributed by atoms with Crippen molar-refractivity contribution in [2.45, 2.75) is 83.9 Å². The van der Waals surface area contributed by atoms with Crippen LogP contribution in [0.4, 0.5) is 0 Å². The minimum atomic E-state index is -1.71. The predicted molar refractivity (Wildman–Crippen MR) is 97.6 cm³/mol. The lowest BCUT2D eigenvalue weighted by Crippen LogP contribution is -2.44. The maximum Gasteiger partial charge on any atom is 0.242 e. The highest BCUT2D eigenvalue weighted by Gasteiger charge is 2.39. The Morgan fingerprint density at radius 1 is 1.19 bits per heavy atom. The second kappa shape index (κ2) is 6.43. The number of rotatable bonds is 5. The second-order valence-electron chi connectivity index (χ2n) is 8.64. The molecule has 0 aromatic rings. The molecule has 0 amide bonds. The van der Waals surface area contributed by atoms with Gasteiger partial charge in [-0.1, -0.05) is 33.4 Å². The van der Waals surface area contributed by atoms with E-state index in [1.54, 1.807) is 0 Å². The third-order valence-corrected chi connectivity index (χ3v) is 9.72. The van der Waals surface area contributed by atoms with E-state index in [1.165, 1.54) is 12.0 Å². The fraction of sp³-hybridized carbons (Fsp3) is 0.765. The fourth-order valence-electron chi connectivity index (χ4n) is 2.20. The monoisotopic (exact) mass is 326 g/mol. The van der Waals surface area contributed by atoms with Crippen LogP contribution in [0.15, 0.2) is 24.0 Å². The first-order chi connectivity index (χ1) is 9.32. The standard InChI is InChI=1S/C17H34O2Si2/c1-14(18-20(5,6)7)15-11-10-12-16(13-15)19-21(8,9)17(2,3)4/h13,16H,1,10-12H2,2-9H3/t16-/m1/s1. The van der Waals surface area contributed by atoms with Crippen LogP contribution >= 0.6 is 0 Å². The molecule has 0 fully saturated rings. The molecule has 122 valence electrons. The molecule has 0 saturated carbocycles. The fourth-order valence-corrected chi connectivity index (χ4v) is 4.37. The van der Waals surface area contributed by atoms with Crippen LogP contribution in [0, 0.1) is 0 Å². The summed E-state index contributed by atoms with van der Waals surface area (Å²) in [6.07, 6.45) is 5.86. The summed E-state index contributed by atoms with van der Waals surface area (Å²) in [4.78, 5) is 0. The summed E-state index contributed by atoms with van der Waals surface area (Å²) in [6.45, 7) is 22.3. The van der Waals surface area contributed by atoms with Crippen molar-refractivity contribution in [3.8, 4) is 0 Å². The van der Waals surface area contributed by atoms with E-state index in [1.807, 2.05) is 0 Å². The first kappa shape index (κ1) is 18.7. The van der Waals surface area contributed by atoms with Gasteiger partial charge < -0.3 is 8.85 Å². The van der Waals surface area contributed by atoms with E-state index >= 15 is 0 Å². The molecule has 2 nitrogen and oxygen atoms in total. The van der Waals surface area contributed by atoms with E-state index in [2.05, 4.69) is 66.2 Å². The largest absolute Gasteiger partial charge is 0.545 e. The van der Waals surface area contributed by atoms with Gasteiger partial charge in [-0.05, 0) is 62.6 Å². The molecule has 1 aliphatic rings. The van der Waals surface area contributed by atoms with Gasteiger partial charge in [0.25, 0.3) is 0 Å². The zero-order valence-corrected chi connectivity index (χ0v) is 17.3. The van der Waals surface area contributed by atoms with Gasteiger partial charge in [0, 0.05) is 0 Å². The average molecular weight is 327 g/mol. The van der Waals surface area contributed by atoms with Crippen LogP contribution in [0.3, 0.4) is 0 Å².